The number of amides is 1. The predicted molar refractivity (Wildman–Crippen MR) is 87.8 cm³/mol. The Hall–Kier alpha value is -2.24. The fraction of sp³-hybridized carbons (Fsp3) is 0.231. The molecule has 24 heavy (non-hydrogen) atoms. The van der Waals surface area contributed by atoms with Crippen molar-refractivity contribution in [3.63, 3.8) is 0 Å². The SMILES string of the molecule is Cc1ccc(C=NN=C2NC(=O)C(CC(=O)O)S2)cc1S(=O)(=O)O. The molecule has 0 aromatic heterocycles. The Morgan fingerprint density at radius 3 is 2.79 bits per heavy atom. The summed E-state index contributed by atoms with van der Waals surface area (Å²) in [7, 11) is -4.34. The number of thioether (sulfide) groups is 1. The van der Waals surface area contributed by atoms with E-state index in [1.54, 1.807) is 6.07 Å². The third kappa shape index (κ3) is 4.63. The summed E-state index contributed by atoms with van der Waals surface area (Å²) in [4.78, 5) is 21.9. The van der Waals surface area contributed by atoms with E-state index in [1.165, 1.54) is 25.3 Å². The molecule has 0 aliphatic carbocycles. The number of carbonyl (C=O) groups is 2. The summed E-state index contributed by atoms with van der Waals surface area (Å²) in [6.45, 7) is 1.54. The van der Waals surface area contributed by atoms with Crippen molar-refractivity contribution in [2.75, 3.05) is 0 Å². The number of hydrogen-bond donors (Lipinski definition) is 3. The molecule has 11 heteroatoms. The molecule has 0 spiro atoms. The molecule has 1 aliphatic rings. The van der Waals surface area contributed by atoms with Crippen molar-refractivity contribution >= 4 is 45.1 Å². The van der Waals surface area contributed by atoms with E-state index in [-0.39, 0.29) is 16.5 Å². The maximum Gasteiger partial charge on any atom is 0.305 e. The Morgan fingerprint density at radius 1 is 1.46 bits per heavy atom. The zero-order chi connectivity index (χ0) is 17.9. The molecule has 1 aliphatic heterocycles. The Kier molecular flexibility index (Phi) is 5.36. The molecule has 1 heterocycles. The number of aryl methyl sites for hydroxylation is 1. The van der Waals surface area contributed by atoms with E-state index in [4.69, 9.17) is 9.66 Å². The molecule has 1 unspecified atom stereocenters. The predicted octanol–water partition coefficient (Wildman–Crippen LogP) is 0.638. The summed E-state index contributed by atoms with van der Waals surface area (Å²) < 4.78 is 31.6. The summed E-state index contributed by atoms with van der Waals surface area (Å²) in [5.41, 5.74) is 0.769. The van der Waals surface area contributed by atoms with Gasteiger partial charge in [-0.15, -0.1) is 5.10 Å². The van der Waals surface area contributed by atoms with E-state index in [0.717, 1.165) is 11.8 Å². The summed E-state index contributed by atoms with van der Waals surface area (Å²) >= 11 is 0.951. The lowest BCUT2D eigenvalue weighted by atomic mass is 10.2. The second-order valence-corrected chi connectivity index (χ2v) is 7.42. The minimum Gasteiger partial charge on any atom is -0.481 e. The molecular weight excluding hydrogens is 358 g/mol. The summed E-state index contributed by atoms with van der Waals surface area (Å²) in [5.74, 6) is -1.55. The first-order chi connectivity index (χ1) is 11.2. The van der Waals surface area contributed by atoms with Crippen molar-refractivity contribution in [3.8, 4) is 0 Å². The largest absolute Gasteiger partial charge is 0.481 e. The second-order valence-electron chi connectivity index (χ2n) is 4.84. The molecule has 1 aromatic rings. The zero-order valence-electron chi connectivity index (χ0n) is 12.3. The topological polar surface area (TPSA) is 145 Å². The van der Waals surface area contributed by atoms with E-state index in [1.807, 2.05) is 0 Å². The van der Waals surface area contributed by atoms with Gasteiger partial charge >= 0.3 is 5.97 Å². The second kappa shape index (κ2) is 7.11. The molecule has 1 aromatic carbocycles. The average Bonchev–Trinajstić information content (AvgIpc) is 2.79. The number of carboxylic acid groups (broad SMARTS) is 1. The Bertz CT molecular complexity index is 847. The first-order valence-corrected chi connectivity index (χ1v) is 8.87. The number of carbonyl (C=O) groups excluding carboxylic acids is 1. The lowest BCUT2D eigenvalue weighted by molar-refractivity contribution is -0.138. The number of nitrogens with zero attached hydrogens (tertiary/aromatic N) is 2. The van der Waals surface area contributed by atoms with E-state index in [0.29, 0.717) is 11.1 Å². The van der Waals surface area contributed by atoms with Crippen LogP contribution < -0.4 is 5.32 Å². The summed E-state index contributed by atoms with van der Waals surface area (Å²) in [6.07, 6.45) is 0.924. The van der Waals surface area contributed by atoms with Gasteiger partial charge in [0.05, 0.1) is 17.5 Å². The number of nitrogens with one attached hydrogen (secondary N) is 1. The molecule has 2 rings (SSSR count). The maximum atomic E-state index is 11.5. The van der Waals surface area contributed by atoms with Crippen molar-refractivity contribution < 1.29 is 27.7 Å². The van der Waals surface area contributed by atoms with E-state index in [9.17, 15) is 18.0 Å². The van der Waals surface area contributed by atoms with E-state index >= 15 is 0 Å². The molecule has 0 saturated carbocycles. The minimum atomic E-state index is -4.34. The monoisotopic (exact) mass is 371 g/mol. The number of amidine groups is 1. The molecule has 3 N–H and O–H groups in total. The van der Waals surface area contributed by atoms with Gasteiger partial charge in [-0.1, -0.05) is 23.9 Å². The fourth-order valence-corrected chi connectivity index (χ4v) is 3.54. The lowest BCUT2D eigenvalue weighted by Gasteiger charge is -2.02. The summed E-state index contributed by atoms with van der Waals surface area (Å²) in [5, 5.41) is 18.0. The highest BCUT2D eigenvalue weighted by molar-refractivity contribution is 8.15. The van der Waals surface area contributed by atoms with Gasteiger partial charge in [-0.25, -0.2) is 0 Å². The van der Waals surface area contributed by atoms with Gasteiger partial charge in [0.2, 0.25) is 5.91 Å². The molecule has 0 bridgehead atoms. The van der Waals surface area contributed by atoms with Crippen LogP contribution in [0.2, 0.25) is 0 Å². The Morgan fingerprint density at radius 2 is 2.17 bits per heavy atom. The van der Waals surface area contributed by atoms with Crippen LogP contribution in [0.5, 0.6) is 0 Å². The van der Waals surface area contributed by atoms with Crippen molar-refractivity contribution in [1.82, 2.24) is 5.32 Å². The van der Waals surface area contributed by atoms with Crippen molar-refractivity contribution in [2.45, 2.75) is 23.5 Å². The number of aliphatic carboxylic acids is 1. The molecule has 9 nitrogen and oxygen atoms in total. The minimum absolute atomic E-state index is 0.157. The maximum absolute atomic E-state index is 11.5. The molecule has 1 atom stereocenters. The summed E-state index contributed by atoms with van der Waals surface area (Å²) in [6, 6.07) is 4.33. The van der Waals surface area contributed by atoms with Gasteiger partial charge in [0, 0.05) is 0 Å². The highest BCUT2D eigenvalue weighted by Crippen LogP contribution is 2.22. The number of rotatable bonds is 5. The van der Waals surface area contributed by atoms with Gasteiger partial charge in [-0.2, -0.15) is 13.5 Å². The average molecular weight is 371 g/mol. The third-order valence-corrected chi connectivity index (χ3v) is 5.05. The highest BCUT2D eigenvalue weighted by atomic mass is 32.2. The highest BCUT2D eigenvalue weighted by Gasteiger charge is 2.32. The van der Waals surface area contributed by atoms with Gasteiger partial charge in [0.25, 0.3) is 10.1 Å². The van der Waals surface area contributed by atoms with Crippen LogP contribution in [0.4, 0.5) is 0 Å². The molecule has 128 valence electrons. The van der Waals surface area contributed by atoms with Crippen LogP contribution in [-0.2, 0) is 19.7 Å². The number of carboxylic acids is 1. The molecule has 1 saturated heterocycles. The van der Waals surface area contributed by atoms with Crippen LogP contribution in [0.3, 0.4) is 0 Å². The van der Waals surface area contributed by atoms with Crippen LogP contribution in [0.15, 0.2) is 33.3 Å². The van der Waals surface area contributed by atoms with Crippen LogP contribution in [0, 0.1) is 6.92 Å². The zero-order valence-corrected chi connectivity index (χ0v) is 14.0. The Labute approximate surface area is 141 Å². The molecule has 1 fully saturated rings. The first-order valence-electron chi connectivity index (χ1n) is 6.55. The smallest absolute Gasteiger partial charge is 0.305 e. The number of hydrogen-bond acceptors (Lipinski definition) is 7. The fourth-order valence-electron chi connectivity index (χ4n) is 1.87. The van der Waals surface area contributed by atoms with Gasteiger partial charge in [-0.05, 0) is 24.1 Å². The van der Waals surface area contributed by atoms with Crippen molar-refractivity contribution in [3.05, 3.63) is 29.3 Å². The van der Waals surface area contributed by atoms with Gasteiger partial charge < -0.3 is 10.4 Å². The first kappa shape index (κ1) is 18.1. The normalized spacial score (nSPS) is 19.8. The molecule has 1 amide bonds. The van der Waals surface area contributed by atoms with Crippen LogP contribution in [0.1, 0.15) is 17.5 Å². The van der Waals surface area contributed by atoms with Crippen molar-refractivity contribution in [1.29, 1.82) is 0 Å². The van der Waals surface area contributed by atoms with E-state index < -0.39 is 27.2 Å². The molecular formula is C13H13N3O6S2. The quantitative estimate of drug-likeness (QED) is 0.391. The van der Waals surface area contributed by atoms with Gasteiger partial charge in [0.15, 0.2) is 5.17 Å². The van der Waals surface area contributed by atoms with Gasteiger partial charge in [0.1, 0.15) is 5.25 Å². The standard InChI is InChI=1S/C13H13N3O6S2/c1-7-2-3-8(4-10(7)24(20,21)22)6-14-16-13-15-12(19)9(23-13)5-11(17)18/h2-4,6,9H,5H2,1H3,(H,17,18)(H,15,16,19)(H,20,21,22). The number of benzene rings is 1. The van der Waals surface area contributed by atoms with Crippen LogP contribution >= 0.6 is 11.8 Å². The van der Waals surface area contributed by atoms with E-state index in [2.05, 4.69) is 15.5 Å². The van der Waals surface area contributed by atoms with Crippen molar-refractivity contribution in [2.24, 2.45) is 10.2 Å². The van der Waals surface area contributed by atoms with Crippen LogP contribution in [0.25, 0.3) is 0 Å². The lowest BCUT2D eigenvalue weighted by Crippen LogP contribution is -2.26. The molecule has 0 radical (unpaired) electrons. The van der Waals surface area contributed by atoms with Crippen LogP contribution in [-0.4, -0.2) is 46.6 Å². The van der Waals surface area contributed by atoms with Gasteiger partial charge in [-0.3, -0.25) is 14.1 Å². The Balaban J connectivity index is 2.12. The third-order valence-electron chi connectivity index (χ3n) is 2.98.